The zero-order valence-corrected chi connectivity index (χ0v) is 14.4. The number of nitrogens with zero attached hydrogens (tertiary/aromatic N) is 2. The van der Waals surface area contributed by atoms with E-state index in [1.54, 1.807) is 0 Å². The van der Waals surface area contributed by atoms with Crippen LogP contribution in [0.4, 0.5) is 0 Å². The zero-order chi connectivity index (χ0) is 14.5. The van der Waals surface area contributed by atoms with Crippen molar-refractivity contribution in [3.05, 3.63) is 83.7 Å². The highest BCUT2D eigenvalue weighted by Gasteiger charge is 2.18. The summed E-state index contributed by atoms with van der Waals surface area (Å²) in [5, 5.41) is 1.95. The largest absolute Gasteiger partial charge is 0.352 e. The number of allylic oxidation sites excluding steroid dienone is 1. The molecule has 0 radical (unpaired) electrons. The molecular weight excluding hydrogens is 340 g/mol. The fraction of sp³-hybridized carbons (Fsp3) is 0.222. The summed E-state index contributed by atoms with van der Waals surface area (Å²) >= 11 is 0. The Labute approximate surface area is 142 Å². The van der Waals surface area contributed by atoms with Gasteiger partial charge in [0, 0.05) is 12.7 Å². The third-order valence-corrected chi connectivity index (χ3v) is 3.53. The van der Waals surface area contributed by atoms with E-state index >= 15 is 0 Å². The molecular formula is C18H21BrN2O. The molecule has 0 unspecified atom stereocenters. The monoisotopic (exact) mass is 360 g/mol. The van der Waals surface area contributed by atoms with Gasteiger partial charge in [-0.3, -0.25) is 4.84 Å². The van der Waals surface area contributed by atoms with Crippen LogP contribution in [0.25, 0.3) is 0 Å². The van der Waals surface area contributed by atoms with E-state index in [4.69, 9.17) is 4.84 Å². The van der Waals surface area contributed by atoms with Crippen molar-refractivity contribution in [1.82, 2.24) is 9.96 Å². The second-order valence-electron chi connectivity index (χ2n) is 5.28. The van der Waals surface area contributed by atoms with Gasteiger partial charge in [0.25, 0.3) is 0 Å². The van der Waals surface area contributed by atoms with Crippen LogP contribution in [0.2, 0.25) is 0 Å². The molecule has 0 fully saturated rings. The van der Waals surface area contributed by atoms with E-state index < -0.39 is 0 Å². The highest BCUT2D eigenvalue weighted by atomic mass is 79.9. The van der Waals surface area contributed by atoms with Crippen LogP contribution in [0.5, 0.6) is 0 Å². The van der Waals surface area contributed by atoms with Crippen LogP contribution in [-0.4, -0.2) is 16.6 Å². The second-order valence-corrected chi connectivity index (χ2v) is 5.28. The molecule has 0 amide bonds. The van der Waals surface area contributed by atoms with Crippen molar-refractivity contribution in [3.8, 4) is 0 Å². The lowest BCUT2D eigenvalue weighted by Gasteiger charge is -2.22. The van der Waals surface area contributed by atoms with Gasteiger partial charge in [-0.2, -0.15) is 0 Å². The van der Waals surface area contributed by atoms with Crippen LogP contribution >= 0.6 is 17.0 Å². The summed E-state index contributed by atoms with van der Waals surface area (Å²) in [7, 11) is 0. The zero-order valence-electron chi connectivity index (χ0n) is 12.7. The van der Waals surface area contributed by atoms with Gasteiger partial charge in [-0.05, 0) is 18.1 Å². The van der Waals surface area contributed by atoms with Crippen LogP contribution in [0.15, 0.2) is 72.6 Å². The Morgan fingerprint density at radius 1 is 0.909 bits per heavy atom. The number of hydroxylamine groups is 2. The SMILES string of the molecule is Br.CC1=CN(Cc2ccccc2)CN1OCc1ccccc1. The topological polar surface area (TPSA) is 15.7 Å². The first-order valence-electron chi connectivity index (χ1n) is 7.22. The number of benzene rings is 2. The van der Waals surface area contributed by atoms with Crippen molar-refractivity contribution in [3.63, 3.8) is 0 Å². The molecule has 3 rings (SSSR count). The van der Waals surface area contributed by atoms with Gasteiger partial charge in [-0.1, -0.05) is 60.7 Å². The molecule has 22 heavy (non-hydrogen) atoms. The smallest absolute Gasteiger partial charge is 0.116 e. The Bertz CT molecular complexity index is 601. The summed E-state index contributed by atoms with van der Waals surface area (Å²) in [6.07, 6.45) is 2.15. The highest BCUT2D eigenvalue weighted by Crippen LogP contribution is 2.19. The van der Waals surface area contributed by atoms with Crippen molar-refractivity contribution in [1.29, 1.82) is 0 Å². The molecule has 4 heteroatoms. The van der Waals surface area contributed by atoms with Crippen LogP contribution < -0.4 is 0 Å². The van der Waals surface area contributed by atoms with Crippen molar-refractivity contribution in [2.24, 2.45) is 0 Å². The Morgan fingerprint density at radius 3 is 2.14 bits per heavy atom. The number of hydrogen-bond acceptors (Lipinski definition) is 3. The van der Waals surface area contributed by atoms with Gasteiger partial charge in [0.1, 0.15) is 6.67 Å². The Morgan fingerprint density at radius 2 is 1.50 bits per heavy atom. The fourth-order valence-electron chi connectivity index (χ4n) is 2.43. The normalized spacial score (nSPS) is 13.8. The molecule has 1 heterocycles. The quantitative estimate of drug-likeness (QED) is 0.788. The lowest BCUT2D eigenvalue weighted by atomic mass is 10.2. The minimum Gasteiger partial charge on any atom is -0.352 e. The van der Waals surface area contributed by atoms with E-state index in [0.29, 0.717) is 6.61 Å². The maximum absolute atomic E-state index is 5.89. The van der Waals surface area contributed by atoms with Crippen molar-refractivity contribution >= 4 is 17.0 Å². The first kappa shape index (κ1) is 16.6. The first-order chi connectivity index (χ1) is 10.3. The van der Waals surface area contributed by atoms with E-state index in [1.165, 1.54) is 11.1 Å². The molecule has 0 saturated carbocycles. The average molecular weight is 361 g/mol. The summed E-state index contributed by atoms with van der Waals surface area (Å²) < 4.78 is 0. The second kappa shape index (κ2) is 8.01. The minimum atomic E-state index is 0. The van der Waals surface area contributed by atoms with E-state index in [2.05, 4.69) is 54.4 Å². The third-order valence-electron chi connectivity index (χ3n) is 3.53. The molecule has 0 spiro atoms. The molecule has 1 aliphatic heterocycles. The van der Waals surface area contributed by atoms with Crippen LogP contribution in [0.3, 0.4) is 0 Å². The summed E-state index contributed by atoms with van der Waals surface area (Å²) in [5.74, 6) is 0. The van der Waals surface area contributed by atoms with Crippen LogP contribution in [0.1, 0.15) is 18.1 Å². The Balaban J connectivity index is 0.00000176. The van der Waals surface area contributed by atoms with Gasteiger partial charge in [0.15, 0.2) is 0 Å². The number of rotatable bonds is 5. The molecule has 0 N–H and O–H groups in total. The van der Waals surface area contributed by atoms with E-state index in [-0.39, 0.29) is 17.0 Å². The van der Waals surface area contributed by atoms with Gasteiger partial charge in [0.05, 0.1) is 12.3 Å². The molecule has 1 aliphatic rings. The number of halogens is 1. The van der Waals surface area contributed by atoms with Crippen LogP contribution in [-0.2, 0) is 18.0 Å². The summed E-state index contributed by atoms with van der Waals surface area (Å²) in [4.78, 5) is 8.15. The summed E-state index contributed by atoms with van der Waals surface area (Å²) in [6, 6.07) is 20.7. The minimum absolute atomic E-state index is 0. The molecule has 3 nitrogen and oxygen atoms in total. The highest BCUT2D eigenvalue weighted by molar-refractivity contribution is 8.93. The predicted octanol–water partition coefficient (Wildman–Crippen LogP) is 4.33. The third kappa shape index (κ3) is 4.36. The van der Waals surface area contributed by atoms with Gasteiger partial charge in [0.2, 0.25) is 0 Å². The Kier molecular flexibility index (Phi) is 6.04. The molecule has 0 atom stereocenters. The number of hydrogen-bond donors (Lipinski definition) is 0. The van der Waals surface area contributed by atoms with Gasteiger partial charge < -0.3 is 4.90 Å². The van der Waals surface area contributed by atoms with E-state index in [0.717, 1.165) is 18.9 Å². The maximum Gasteiger partial charge on any atom is 0.116 e. The van der Waals surface area contributed by atoms with E-state index in [1.807, 2.05) is 29.3 Å². The molecule has 0 saturated heterocycles. The van der Waals surface area contributed by atoms with Crippen molar-refractivity contribution in [2.45, 2.75) is 20.1 Å². The van der Waals surface area contributed by atoms with Crippen molar-refractivity contribution in [2.75, 3.05) is 6.67 Å². The van der Waals surface area contributed by atoms with Crippen molar-refractivity contribution < 1.29 is 4.84 Å². The predicted molar refractivity (Wildman–Crippen MR) is 94.0 cm³/mol. The standard InChI is InChI=1S/C18H20N2O.BrH/c1-16-12-19(13-17-8-4-2-5-9-17)15-20(16)21-14-18-10-6-3-7-11-18;/h2-12H,13-15H2,1H3;1H. The molecule has 116 valence electrons. The summed E-state index contributed by atoms with van der Waals surface area (Å²) in [5.41, 5.74) is 3.64. The molecule has 2 aromatic carbocycles. The average Bonchev–Trinajstić information content (AvgIpc) is 2.87. The Hall–Kier alpha value is -1.78. The molecule has 0 aliphatic carbocycles. The lowest BCUT2D eigenvalue weighted by molar-refractivity contribution is -0.149. The summed E-state index contributed by atoms with van der Waals surface area (Å²) in [6.45, 7) is 4.36. The van der Waals surface area contributed by atoms with Gasteiger partial charge >= 0.3 is 0 Å². The lowest BCUT2D eigenvalue weighted by Crippen LogP contribution is -2.26. The van der Waals surface area contributed by atoms with Crippen LogP contribution in [0, 0.1) is 0 Å². The van der Waals surface area contributed by atoms with E-state index in [9.17, 15) is 0 Å². The maximum atomic E-state index is 5.89. The first-order valence-corrected chi connectivity index (χ1v) is 7.22. The fourth-order valence-corrected chi connectivity index (χ4v) is 2.43. The molecule has 0 aromatic heterocycles. The van der Waals surface area contributed by atoms with Gasteiger partial charge in [-0.15, -0.1) is 17.0 Å². The molecule has 0 bridgehead atoms. The molecule has 2 aromatic rings. The van der Waals surface area contributed by atoms with Gasteiger partial charge in [-0.25, -0.2) is 5.06 Å².